The van der Waals surface area contributed by atoms with Crippen molar-refractivity contribution in [3.05, 3.63) is 0 Å². The summed E-state index contributed by atoms with van der Waals surface area (Å²) in [6, 6.07) is 0.683. The largest absolute Gasteiger partial charge is 0.379 e. The van der Waals surface area contributed by atoms with Crippen molar-refractivity contribution in [2.75, 3.05) is 52.6 Å². The lowest BCUT2D eigenvalue weighted by Crippen LogP contribution is -2.41. The highest BCUT2D eigenvalue weighted by Gasteiger charge is 2.24. The van der Waals surface area contributed by atoms with Gasteiger partial charge in [-0.05, 0) is 83.2 Å². The summed E-state index contributed by atoms with van der Waals surface area (Å²) in [6.45, 7) is 15.5. The summed E-state index contributed by atoms with van der Waals surface area (Å²) in [5, 5.41) is 0. The number of nitrogens with zero attached hydrogens (tertiary/aromatic N) is 2. The molecule has 164 valence electrons. The van der Waals surface area contributed by atoms with Crippen molar-refractivity contribution >= 4 is 5.91 Å². The molecule has 0 N–H and O–H groups in total. The van der Waals surface area contributed by atoms with Gasteiger partial charge in [0.05, 0.1) is 13.2 Å². The van der Waals surface area contributed by atoms with Gasteiger partial charge in [0, 0.05) is 25.7 Å². The zero-order valence-corrected chi connectivity index (χ0v) is 18.8. The molecule has 2 aliphatic rings. The van der Waals surface area contributed by atoms with E-state index in [2.05, 4.69) is 32.6 Å². The minimum Gasteiger partial charge on any atom is -0.379 e. The maximum Gasteiger partial charge on any atom is 0.248 e. The number of hydrogen-bond donors (Lipinski definition) is 0. The highest BCUT2D eigenvalue weighted by Crippen LogP contribution is 2.24. The summed E-state index contributed by atoms with van der Waals surface area (Å²) in [4.78, 5) is 16.8. The molecule has 0 aromatic carbocycles. The summed E-state index contributed by atoms with van der Waals surface area (Å²) in [5.74, 6) is 2.49. The molecule has 2 saturated heterocycles. The van der Waals surface area contributed by atoms with E-state index in [9.17, 15) is 4.79 Å². The Kier molecular flexibility index (Phi) is 10.8. The first-order valence-electron chi connectivity index (χ1n) is 11.6. The lowest BCUT2D eigenvalue weighted by atomic mass is 9.87. The lowest BCUT2D eigenvalue weighted by Gasteiger charge is -2.34. The molecule has 2 heterocycles. The van der Waals surface area contributed by atoms with Crippen LogP contribution in [0, 0.1) is 17.8 Å². The summed E-state index contributed by atoms with van der Waals surface area (Å²) in [6.07, 6.45) is 7.33. The van der Waals surface area contributed by atoms with Crippen LogP contribution in [0.4, 0.5) is 0 Å². The van der Waals surface area contributed by atoms with Crippen LogP contribution >= 0.6 is 0 Å². The molecule has 0 atom stereocenters. The predicted molar refractivity (Wildman–Crippen MR) is 114 cm³/mol. The Hall–Kier alpha value is -0.650. The number of ether oxygens (including phenoxy) is 2. The lowest BCUT2D eigenvalue weighted by molar-refractivity contribution is -0.138. The van der Waals surface area contributed by atoms with Crippen LogP contribution < -0.4 is 0 Å². The molecule has 0 saturated carbocycles. The highest BCUT2D eigenvalue weighted by molar-refractivity contribution is 5.77. The maximum atomic E-state index is 12.2. The van der Waals surface area contributed by atoms with Crippen molar-refractivity contribution in [1.29, 1.82) is 0 Å². The predicted octanol–water partition coefficient (Wildman–Crippen LogP) is 3.81. The summed E-state index contributed by atoms with van der Waals surface area (Å²) in [5.41, 5.74) is 0. The smallest absolute Gasteiger partial charge is 0.248 e. The molecular formula is C23H44N2O3. The number of carbonyl (C=O) groups excluding carboxylic acids is 1. The number of likely N-dealkylation sites (tertiary alicyclic amines) is 2. The Morgan fingerprint density at radius 2 is 1.54 bits per heavy atom. The molecule has 0 spiro atoms. The number of rotatable bonds is 11. The molecule has 5 heteroatoms. The first-order valence-corrected chi connectivity index (χ1v) is 11.6. The van der Waals surface area contributed by atoms with E-state index in [-0.39, 0.29) is 12.5 Å². The van der Waals surface area contributed by atoms with E-state index in [1.54, 1.807) is 0 Å². The van der Waals surface area contributed by atoms with E-state index in [0.717, 1.165) is 56.7 Å². The van der Waals surface area contributed by atoms with Crippen molar-refractivity contribution in [1.82, 2.24) is 9.80 Å². The van der Waals surface area contributed by atoms with Crippen LogP contribution in [-0.2, 0) is 14.3 Å². The van der Waals surface area contributed by atoms with E-state index in [4.69, 9.17) is 9.47 Å². The van der Waals surface area contributed by atoms with Crippen molar-refractivity contribution in [2.45, 2.75) is 72.3 Å². The maximum absolute atomic E-state index is 12.2. The van der Waals surface area contributed by atoms with Gasteiger partial charge >= 0.3 is 0 Å². The average molecular weight is 397 g/mol. The molecule has 0 aromatic rings. The first kappa shape index (κ1) is 23.6. The van der Waals surface area contributed by atoms with Gasteiger partial charge in [0.1, 0.15) is 6.61 Å². The minimum absolute atomic E-state index is 0.134. The second-order valence-corrected chi connectivity index (χ2v) is 9.34. The Labute approximate surface area is 173 Å². The van der Waals surface area contributed by atoms with Crippen LogP contribution in [0.1, 0.15) is 66.2 Å². The van der Waals surface area contributed by atoms with Crippen LogP contribution in [0.2, 0.25) is 0 Å². The summed E-state index contributed by atoms with van der Waals surface area (Å²) < 4.78 is 11.2. The van der Waals surface area contributed by atoms with Crippen LogP contribution in [0.5, 0.6) is 0 Å². The minimum atomic E-state index is 0.134. The fraction of sp³-hybridized carbons (Fsp3) is 0.957. The van der Waals surface area contributed by atoms with Gasteiger partial charge in [-0.2, -0.15) is 0 Å². The van der Waals surface area contributed by atoms with Crippen molar-refractivity contribution in [3.8, 4) is 0 Å². The summed E-state index contributed by atoms with van der Waals surface area (Å²) in [7, 11) is 0. The zero-order valence-electron chi connectivity index (χ0n) is 18.8. The van der Waals surface area contributed by atoms with Gasteiger partial charge < -0.3 is 19.3 Å². The third-order valence-corrected chi connectivity index (χ3v) is 6.71. The standard InChI is InChI=1S/C23H44N2O3/c1-19(2)22-9-13-25(14-10-22)23(26)18-28-17-16-27-15-5-6-21-7-11-24(12-8-21)20(3)4/h19-22H,5-18H2,1-4H3. The molecule has 2 aliphatic heterocycles. The van der Waals surface area contributed by atoms with Gasteiger partial charge in [-0.15, -0.1) is 0 Å². The van der Waals surface area contributed by atoms with Crippen molar-refractivity contribution in [2.24, 2.45) is 17.8 Å². The fourth-order valence-corrected chi connectivity index (χ4v) is 4.52. The Morgan fingerprint density at radius 1 is 0.893 bits per heavy atom. The monoisotopic (exact) mass is 396 g/mol. The van der Waals surface area contributed by atoms with Crippen LogP contribution in [0.25, 0.3) is 0 Å². The molecule has 28 heavy (non-hydrogen) atoms. The van der Waals surface area contributed by atoms with Gasteiger partial charge in [-0.3, -0.25) is 4.79 Å². The molecule has 0 unspecified atom stereocenters. The molecule has 5 nitrogen and oxygen atoms in total. The topological polar surface area (TPSA) is 42.0 Å². The normalized spacial score (nSPS) is 20.4. The first-order chi connectivity index (χ1) is 13.5. The number of amides is 1. The Balaban J connectivity index is 1.40. The van der Waals surface area contributed by atoms with E-state index in [1.165, 1.54) is 32.4 Å². The highest BCUT2D eigenvalue weighted by atomic mass is 16.5. The molecule has 1 amide bonds. The van der Waals surface area contributed by atoms with Gasteiger partial charge in [-0.25, -0.2) is 0 Å². The second kappa shape index (κ2) is 12.8. The molecule has 0 radical (unpaired) electrons. The third kappa shape index (κ3) is 8.38. The van der Waals surface area contributed by atoms with Gasteiger partial charge in [0.25, 0.3) is 0 Å². The van der Waals surface area contributed by atoms with Crippen molar-refractivity contribution < 1.29 is 14.3 Å². The number of hydrogen-bond acceptors (Lipinski definition) is 4. The van der Waals surface area contributed by atoms with Gasteiger partial charge in [-0.1, -0.05) is 13.8 Å². The van der Waals surface area contributed by atoms with E-state index in [1.807, 2.05) is 4.90 Å². The molecular weight excluding hydrogens is 352 g/mol. The zero-order chi connectivity index (χ0) is 20.4. The van der Waals surface area contributed by atoms with E-state index in [0.29, 0.717) is 19.3 Å². The van der Waals surface area contributed by atoms with E-state index >= 15 is 0 Å². The van der Waals surface area contributed by atoms with Gasteiger partial charge in [0.2, 0.25) is 5.91 Å². The molecule has 2 fully saturated rings. The van der Waals surface area contributed by atoms with Crippen LogP contribution in [0.3, 0.4) is 0 Å². The summed E-state index contributed by atoms with van der Waals surface area (Å²) >= 11 is 0. The number of piperidine rings is 2. The third-order valence-electron chi connectivity index (χ3n) is 6.71. The molecule has 2 rings (SSSR count). The Morgan fingerprint density at radius 3 is 2.14 bits per heavy atom. The quantitative estimate of drug-likeness (QED) is 0.498. The van der Waals surface area contributed by atoms with Gasteiger partial charge in [0.15, 0.2) is 0 Å². The number of carbonyl (C=O) groups is 1. The Bertz CT molecular complexity index is 426. The van der Waals surface area contributed by atoms with Crippen LogP contribution in [-0.4, -0.2) is 74.4 Å². The van der Waals surface area contributed by atoms with Crippen LogP contribution in [0.15, 0.2) is 0 Å². The van der Waals surface area contributed by atoms with Crippen molar-refractivity contribution in [3.63, 3.8) is 0 Å². The average Bonchev–Trinajstić information content (AvgIpc) is 2.70. The fourth-order valence-electron chi connectivity index (χ4n) is 4.52. The second-order valence-electron chi connectivity index (χ2n) is 9.34. The SMILES string of the molecule is CC(C)C1CCN(C(=O)COCCOCCCC2CCN(C(C)C)CC2)CC1. The molecule has 0 aromatic heterocycles. The molecule has 0 aliphatic carbocycles. The molecule has 0 bridgehead atoms. The van der Waals surface area contributed by atoms with E-state index < -0.39 is 0 Å².